The first-order valence-electron chi connectivity index (χ1n) is 16.5. The van der Waals surface area contributed by atoms with Gasteiger partial charge < -0.3 is 15.4 Å². The summed E-state index contributed by atoms with van der Waals surface area (Å²) < 4.78 is 7.62. The molecule has 45 heavy (non-hydrogen) atoms. The molecule has 0 fully saturated rings. The number of benzene rings is 2. The average Bonchev–Trinajstić information content (AvgIpc) is 3.00. The highest BCUT2D eigenvalue weighted by molar-refractivity contribution is 6.01. The van der Waals surface area contributed by atoms with Crippen molar-refractivity contribution in [1.29, 1.82) is 0 Å². The predicted octanol–water partition coefficient (Wildman–Crippen LogP) is 8.52. The smallest absolute Gasteiger partial charge is 0.323 e. The van der Waals surface area contributed by atoms with Crippen LogP contribution in [0.5, 0.6) is 0 Å². The molecule has 0 aliphatic rings. The van der Waals surface area contributed by atoms with Crippen molar-refractivity contribution in [2.24, 2.45) is 0 Å². The van der Waals surface area contributed by atoms with Gasteiger partial charge in [-0.2, -0.15) is 0 Å². The number of nitrogens with zero attached hydrogens (tertiary/aromatic N) is 2. The molecule has 0 bridgehead atoms. The zero-order chi connectivity index (χ0) is 33.1. The number of carbonyl (C=O) groups excluding carboxylic acids is 1. The third-order valence-electron chi connectivity index (χ3n) is 7.86. The van der Waals surface area contributed by atoms with Crippen LogP contribution in [0.25, 0.3) is 5.69 Å². The van der Waals surface area contributed by atoms with Gasteiger partial charge in [-0.3, -0.25) is 14.3 Å². The van der Waals surface area contributed by atoms with Crippen LogP contribution in [0.15, 0.2) is 59.5 Å². The van der Waals surface area contributed by atoms with E-state index in [1.165, 1.54) is 0 Å². The van der Waals surface area contributed by atoms with E-state index in [4.69, 9.17) is 4.74 Å². The Hall–Kier alpha value is -3.86. The number of hydrogen-bond donors (Lipinski definition) is 2. The summed E-state index contributed by atoms with van der Waals surface area (Å²) in [4.78, 5) is 29.6. The molecule has 7 heteroatoms. The molecule has 2 aromatic carbocycles. The molecule has 1 unspecified atom stereocenters. The SMILES string of the molecule is CCCCc1ccn(-c2ccc(C#CC(OC(C)C)N(CC)CC)cc2)c(=O)c1NC(=O)Nc1c(C(C)C)cccc1C(C)C. The van der Waals surface area contributed by atoms with Crippen LogP contribution in [0.3, 0.4) is 0 Å². The molecule has 0 aliphatic heterocycles. The summed E-state index contributed by atoms with van der Waals surface area (Å²) in [6, 6.07) is 15.2. The Morgan fingerprint density at radius 2 is 1.47 bits per heavy atom. The van der Waals surface area contributed by atoms with E-state index in [9.17, 15) is 9.59 Å². The number of aryl methyl sites for hydroxylation is 1. The van der Waals surface area contributed by atoms with Crippen LogP contribution < -0.4 is 16.2 Å². The summed E-state index contributed by atoms with van der Waals surface area (Å²) in [5.74, 6) is 6.97. The summed E-state index contributed by atoms with van der Waals surface area (Å²) >= 11 is 0. The van der Waals surface area contributed by atoms with Gasteiger partial charge in [-0.05, 0) is 105 Å². The van der Waals surface area contributed by atoms with Gasteiger partial charge in [0, 0.05) is 23.1 Å². The van der Waals surface area contributed by atoms with E-state index >= 15 is 0 Å². The molecule has 7 nitrogen and oxygen atoms in total. The van der Waals surface area contributed by atoms with Gasteiger partial charge in [0.05, 0.1) is 6.10 Å². The Morgan fingerprint density at radius 1 is 0.867 bits per heavy atom. The lowest BCUT2D eigenvalue weighted by Gasteiger charge is -2.27. The molecule has 0 saturated heterocycles. The lowest BCUT2D eigenvalue weighted by molar-refractivity contribution is -0.0487. The minimum atomic E-state index is -0.422. The van der Waals surface area contributed by atoms with E-state index < -0.39 is 6.03 Å². The molecule has 1 atom stereocenters. The standard InChI is InChI=1S/C38H52N4O3/c1-10-13-15-30-24-25-42(31-21-18-29(19-22-31)20-23-34(45-28(8)9)41(11-2)12-3)37(43)35(30)39-38(44)40-36-32(26(4)5)16-14-17-33(36)27(6)7/h14,16-19,21-22,24-28,34H,10-13,15H2,1-9H3,(H2,39,40,44). The highest BCUT2D eigenvalue weighted by Crippen LogP contribution is 2.32. The maximum atomic E-state index is 13.9. The zero-order valence-electron chi connectivity index (χ0n) is 28.7. The molecule has 0 saturated carbocycles. The molecule has 2 N–H and O–H groups in total. The Balaban J connectivity index is 1.94. The lowest BCUT2D eigenvalue weighted by Crippen LogP contribution is -2.37. The van der Waals surface area contributed by atoms with Crippen molar-refractivity contribution in [3.8, 4) is 17.5 Å². The van der Waals surface area contributed by atoms with E-state index in [0.29, 0.717) is 17.8 Å². The maximum Gasteiger partial charge on any atom is 0.323 e. The van der Waals surface area contributed by atoms with Gasteiger partial charge in [0.1, 0.15) is 5.69 Å². The second-order valence-corrected chi connectivity index (χ2v) is 12.3. The van der Waals surface area contributed by atoms with Gasteiger partial charge in [0.2, 0.25) is 0 Å². The predicted molar refractivity (Wildman–Crippen MR) is 188 cm³/mol. The number of pyridine rings is 1. The molecule has 2 amide bonds. The number of aromatic nitrogens is 1. The van der Waals surface area contributed by atoms with Crippen LogP contribution >= 0.6 is 0 Å². The van der Waals surface area contributed by atoms with Crippen molar-refractivity contribution in [2.45, 2.75) is 106 Å². The molecule has 3 rings (SSSR count). The lowest BCUT2D eigenvalue weighted by atomic mass is 9.93. The molecular weight excluding hydrogens is 560 g/mol. The Bertz CT molecular complexity index is 1500. The van der Waals surface area contributed by atoms with Crippen LogP contribution in [0.4, 0.5) is 16.2 Å². The number of rotatable bonds is 13. The quantitative estimate of drug-likeness (QED) is 0.150. The second kappa shape index (κ2) is 17.0. The molecule has 1 aromatic heterocycles. The molecule has 242 valence electrons. The Labute approximate surface area is 270 Å². The van der Waals surface area contributed by atoms with Crippen LogP contribution in [0.2, 0.25) is 0 Å². The summed E-state index contributed by atoms with van der Waals surface area (Å²) in [5.41, 5.74) is 5.32. The zero-order valence-corrected chi connectivity index (χ0v) is 28.7. The van der Waals surface area contributed by atoms with E-state index in [1.54, 1.807) is 10.8 Å². The fourth-order valence-corrected chi connectivity index (χ4v) is 5.31. The number of carbonyl (C=O) groups is 1. The van der Waals surface area contributed by atoms with Crippen molar-refractivity contribution in [3.05, 3.63) is 87.3 Å². The second-order valence-electron chi connectivity index (χ2n) is 12.3. The van der Waals surface area contributed by atoms with E-state index in [2.05, 4.69) is 75.8 Å². The van der Waals surface area contributed by atoms with Crippen LogP contribution in [-0.4, -0.2) is 40.9 Å². The maximum absolute atomic E-state index is 13.9. The van der Waals surface area contributed by atoms with Crippen molar-refractivity contribution >= 4 is 17.4 Å². The molecule has 0 aliphatic carbocycles. The number of ether oxygens (including phenoxy) is 1. The fraction of sp³-hybridized carbons (Fsp3) is 0.474. The fourth-order valence-electron chi connectivity index (χ4n) is 5.31. The van der Waals surface area contributed by atoms with Crippen LogP contribution in [0, 0.1) is 11.8 Å². The third kappa shape index (κ3) is 9.56. The first kappa shape index (κ1) is 35.6. The van der Waals surface area contributed by atoms with Crippen molar-refractivity contribution in [2.75, 3.05) is 23.7 Å². The van der Waals surface area contributed by atoms with E-state index in [0.717, 1.165) is 53.9 Å². The largest absolute Gasteiger partial charge is 0.349 e. The number of amides is 2. The normalized spacial score (nSPS) is 12.0. The summed E-state index contributed by atoms with van der Waals surface area (Å²) in [6.07, 6.45) is 4.15. The Morgan fingerprint density at radius 3 is 2.00 bits per heavy atom. The molecule has 3 aromatic rings. The van der Waals surface area contributed by atoms with Crippen LogP contribution in [-0.2, 0) is 11.2 Å². The molecular formula is C38H52N4O3. The Kier molecular flexibility index (Phi) is 13.5. The minimum Gasteiger partial charge on any atom is -0.349 e. The first-order valence-corrected chi connectivity index (χ1v) is 16.5. The monoisotopic (exact) mass is 612 g/mol. The topological polar surface area (TPSA) is 75.6 Å². The summed E-state index contributed by atoms with van der Waals surface area (Å²) in [7, 11) is 0. The van der Waals surface area contributed by atoms with Crippen molar-refractivity contribution in [3.63, 3.8) is 0 Å². The van der Waals surface area contributed by atoms with Gasteiger partial charge in [-0.25, -0.2) is 4.79 Å². The number of hydrogen-bond acceptors (Lipinski definition) is 4. The number of urea groups is 1. The average molecular weight is 613 g/mol. The van der Waals surface area contributed by atoms with Crippen molar-refractivity contribution in [1.82, 2.24) is 9.47 Å². The molecule has 1 heterocycles. The third-order valence-corrected chi connectivity index (χ3v) is 7.86. The van der Waals surface area contributed by atoms with E-state index in [-0.39, 0.29) is 29.7 Å². The van der Waals surface area contributed by atoms with Gasteiger partial charge in [-0.1, -0.05) is 79.0 Å². The number of para-hydroxylation sites is 1. The molecule has 0 radical (unpaired) electrons. The van der Waals surface area contributed by atoms with E-state index in [1.807, 2.05) is 62.4 Å². The highest BCUT2D eigenvalue weighted by atomic mass is 16.5. The summed E-state index contributed by atoms with van der Waals surface area (Å²) in [5, 5.41) is 6.03. The van der Waals surface area contributed by atoms with Gasteiger partial charge in [0.15, 0.2) is 6.23 Å². The minimum absolute atomic E-state index is 0.0616. The number of anilines is 2. The number of nitrogens with one attached hydrogen (secondary N) is 2. The highest BCUT2D eigenvalue weighted by Gasteiger charge is 2.19. The number of unbranched alkanes of at least 4 members (excludes halogenated alkanes) is 1. The first-order chi connectivity index (χ1) is 21.5. The van der Waals surface area contributed by atoms with Crippen molar-refractivity contribution < 1.29 is 9.53 Å². The van der Waals surface area contributed by atoms with Crippen LogP contribution in [0.1, 0.15) is 109 Å². The van der Waals surface area contributed by atoms with Gasteiger partial charge in [-0.15, -0.1) is 0 Å². The van der Waals surface area contributed by atoms with Gasteiger partial charge in [0.25, 0.3) is 5.56 Å². The summed E-state index contributed by atoms with van der Waals surface area (Å²) in [6.45, 7) is 20.5. The molecule has 0 spiro atoms. The van der Waals surface area contributed by atoms with Gasteiger partial charge >= 0.3 is 6.03 Å².